The van der Waals surface area contributed by atoms with E-state index in [9.17, 15) is 18.7 Å². The van der Waals surface area contributed by atoms with E-state index in [1.165, 1.54) is 15.8 Å². The summed E-state index contributed by atoms with van der Waals surface area (Å²) in [6, 6.07) is 2.43. The molecule has 1 aromatic heterocycles. The number of hydrogen-bond donors (Lipinski definition) is 1. The van der Waals surface area contributed by atoms with E-state index in [0.717, 1.165) is 18.2 Å². The van der Waals surface area contributed by atoms with Crippen LogP contribution < -0.4 is 0 Å². The molecule has 1 saturated heterocycles. The number of halogens is 2. The largest absolute Gasteiger partial charge is 0.391 e. The van der Waals surface area contributed by atoms with E-state index in [-0.39, 0.29) is 24.4 Å². The summed E-state index contributed by atoms with van der Waals surface area (Å²) in [4.78, 5) is 13.9. The van der Waals surface area contributed by atoms with Crippen molar-refractivity contribution in [1.82, 2.24) is 14.7 Å². The Bertz CT molecular complexity index is 717. The van der Waals surface area contributed by atoms with Crippen LogP contribution in [0.2, 0.25) is 0 Å². The maximum absolute atomic E-state index is 14.0. The summed E-state index contributed by atoms with van der Waals surface area (Å²) >= 11 is 0. The average molecular weight is 307 g/mol. The molecule has 1 aliphatic heterocycles. The van der Waals surface area contributed by atoms with Crippen molar-refractivity contribution in [3.63, 3.8) is 0 Å². The Labute approximate surface area is 125 Å². The number of carbonyl (C=O) groups excluding carboxylic acids is 1. The fraction of sp³-hybridized carbons (Fsp3) is 0.333. The standard InChI is InChI=1S/C15H15F2N3O2/c1-19-7-9(6-18-19)15(22)20-8-11(21)5-14(20)12-4-10(16)2-3-13(12)17/h2-4,6-7,11,14,21H,5,8H2,1H3. The first kappa shape index (κ1) is 14.6. The summed E-state index contributed by atoms with van der Waals surface area (Å²) in [5.74, 6) is -1.53. The molecule has 0 spiro atoms. The molecule has 0 bridgehead atoms. The third-order valence-electron chi connectivity index (χ3n) is 3.81. The second kappa shape index (κ2) is 5.49. The van der Waals surface area contributed by atoms with Gasteiger partial charge in [-0.1, -0.05) is 0 Å². The minimum atomic E-state index is -0.770. The summed E-state index contributed by atoms with van der Waals surface area (Å²) in [6.07, 6.45) is 2.36. The van der Waals surface area contributed by atoms with Crippen LogP contribution in [0.25, 0.3) is 0 Å². The number of carbonyl (C=O) groups is 1. The number of aromatic nitrogens is 2. The molecule has 0 radical (unpaired) electrons. The minimum absolute atomic E-state index is 0.0776. The molecule has 1 aliphatic rings. The van der Waals surface area contributed by atoms with Gasteiger partial charge >= 0.3 is 0 Å². The number of amides is 1. The van der Waals surface area contributed by atoms with Crippen LogP contribution in [0.4, 0.5) is 8.78 Å². The highest BCUT2D eigenvalue weighted by Crippen LogP contribution is 2.35. The van der Waals surface area contributed by atoms with Gasteiger partial charge in [0.1, 0.15) is 11.6 Å². The smallest absolute Gasteiger partial charge is 0.257 e. The Kier molecular flexibility index (Phi) is 3.66. The van der Waals surface area contributed by atoms with Crippen LogP contribution >= 0.6 is 0 Å². The Hall–Kier alpha value is -2.28. The number of β-amino-alcohol motifs (C(OH)–C–C–N with tert-alkyl or cyclic N) is 1. The summed E-state index contributed by atoms with van der Waals surface area (Å²) in [6.45, 7) is 0.0777. The Morgan fingerprint density at radius 3 is 2.86 bits per heavy atom. The van der Waals surface area contributed by atoms with Gasteiger partial charge < -0.3 is 10.0 Å². The first-order chi connectivity index (χ1) is 10.5. The van der Waals surface area contributed by atoms with Crippen molar-refractivity contribution >= 4 is 5.91 Å². The van der Waals surface area contributed by atoms with Crippen LogP contribution in [0.3, 0.4) is 0 Å². The molecule has 1 aromatic carbocycles. The number of hydrogen-bond acceptors (Lipinski definition) is 3. The van der Waals surface area contributed by atoms with Crippen LogP contribution in [0.1, 0.15) is 28.4 Å². The van der Waals surface area contributed by atoms with Crippen LogP contribution in [-0.4, -0.2) is 38.3 Å². The lowest BCUT2D eigenvalue weighted by atomic mass is 10.0. The molecule has 5 nitrogen and oxygen atoms in total. The maximum Gasteiger partial charge on any atom is 0.257 e. The van der Waals surface area contributed by atoms with Gasteiger partial charge in [0.15, 0.2) is 0 Å². The molecule has 0 saturated carbocycles. The third kappa shape index (κ3) is 2.59. The molecular formula is C15H15F2N3O2. The number of aryl methyl sites for hydroxylation is 1. The number of benzene rings is 1. The van der Waals surface area contributed by atoms with Gasteiger partial charge in [0.2, 0.25) is 0 Å². The molecule has 1 amide bonds. The molecule has 2 aromatic rings. The van der Waals surface area contributed by atoms with Crippen molar-refractivity contribution in [1.29, 1.82) is 0 Å². The Balaban J connectivity index is 1.95. The van der Waals surface area contributed by atoms with Crippen molar-refractivity contribution in [3.05, 3.63) is 53.4 Å². The molecule has 1 N–H and O–H groups in total. The van der Waals surface area contributed by atoms with Crippen LogP contribution in [0.15, 0.2) is 30.6 Å². The van der Waals surface area contributed by atoms with Crippen molar-refractivity contribution in [3.8, 4) is 0 Å². The molecule has 0 aliphatic carbocycles. The summed E-state index contributed by atoms with van der Waals surface area (Å²) in [5.41, 5.74) is 0.423. The van der Waals surface area contributed by atoms with Gasteiger partial charge in [0.25, 0.3) is 5.91 Å². The molecule has 1 fully saturated rings. The first-order valence-corrected chi connectivity index (χ1v) is 6.88. The van der Waals surface area contributed by atoms with Crippen molar-refractivity contribution in [2.75, 3.05) is 6.54 Å². The van der Waals surface area contributed by atoms with Gasteiger partial charge in [0.05, 0.1) is 23.9 Å². The fourth-order valence-corrected chi connectivity index (χ4v) is 2.80. The van der Waals surface area contributed by atoms with Crippen LogP contribution in [-0.2, 0) is 7.05 Å². The summed E-state index contributed by atoms with van der Waals surface area (Å²) < 4.78 is 28.9. The van der Waals surface area contributed by atoms with Gasteiger partial charge in [-0.3, -0.25) is 9.48 Å². The highest BCUT2D eigenvalue weighted by Gasteiger charge is 2.37. The topological polar surface area (TPSA) is 58.4 Å². The summed E-state index contributed by atoms with van der Waals surface area (Å²) in [7, 11) is 1.68. The number of rotatable bonds is 2. The monoisotopic (exact) mass is 307 g/mol. The molecule has 7 heteroatoms. The second-order valence-electron chi connectivity index (χ2n) is 5.43. The number of aliphatic hydroxyl groups excluding tert-OH is 1. The molecule has 22 heavy (non-hydrogen) atoms. The van der Waals surface area contributed by atoms with E-state index in [4.69, 9.17) is 0 Å². The fourth-order valence-electron chi connectivity index (χ4n) is 2.80. The zero-order valence-corrected chi connectivity index (χ0v) is 11.9. The SMILES string of the molecule is Cn1cc(C(=O)N2CC(O)CC2c2cc(F)ccc2F)cn1. The summed E-state index contributed by atoms with van der Waals surface area (Å²) in [5, 5.41) is 13.8. The number of likely N-dealkylation sites (tertiary alicyclic amines) is 1. The van der Waals surface area contributed by atoms with Gasteiger partial charge in [-0.15, -0.1) is 0 Å². The molecule has 116 valence electrons. The van der Waals surface area contributed by atoms with E-state index >= 15 is 0 Å². The van der Waals surface area contributed by atoms with E-state index in [1.54, 1.807) is 13.2 Å². The number of nitrogens with zero attached hydrogens (tertiary/aromatic N) is 3. The van der Waals surface area contributed by atoms with Crippen molar-refractivity contribution in [2.24, 2.45) is 7.05 Å². The maximum atomic E-state index is 14.0. The first-order valence-electron chi connectivity index (χ1n) is 6.88. The molecule has 2 atom stereocenters. The lowest BCUT2D eigenvalue weighted by Crippen LogP contribution is -2.32. The van der Waals surface area contributed by atoms with Crippen LogP contribution in [0, 0.1) is 11.6 Å². The van der Waals surface area contributed by atoms with Gasteiger partial charge in [-0.2, -0.15) is 5.10 Å². The Morgan fingerprint density at radius 1 is 1.41 bits per heavy atom. The lowest BCUT2D eigenvalue weighted by molar-refractivity contribution is 0.0713. The van der Waals surface area contributed by atoms with E-state index in [0.29, 0.717) is 5.56 Å². The lowest BCUT2D eigenvalue weighted by Gasteiger charge is -2.24. The zero-order valence-electron chi connectivity index (χ0n) is 11.9. The second-order valence-corrected chi connectivity index (χ2v) is 5.43. The highest BCUT2D eigenvalue weighted by molar-refractivity contribution is 5.94. The van der Waals surface area contributed by atoms with Gasteiger partial charge in [0, 0.05) is 25.4 Å². The highest BCUT2D eigenvalue weighted by atomic mass is 19.1. The Morgan fingerprint density at radius 2 is 2.18 bits per heavy atom. The molecule has 2 unspecified atom stereocenters. The zero-order chi connectivity index (χ0) is 15.9. The normalized spacial score (nSPS) is 21.4. The van der Waals surface area contributed by atoms with Gasteiger partial charge in [-0.25, -0.2) is 8.78 Å². The van der Waals surface area contributed by atoms with E-state index in [2.05, 4.69) is 5.10 Å². The predicted molar refractivity (Wildman–Crippen MR) is 74.0 cm³/mol. The predicted octanol–water partition coefficient (Wildman–Crippen LogP) is 1.65. The average Bonchev–Trinajstić information content (AvgIpc) is 3.07. The van der Waals surface area contributed by atoms with E-state index in [1.807, 2.05) is 0 Å². The van der Waals surface area contributed by atoms with Crippen LogP contribution in [0.5, 0.6) is 0 Å². The quantitative estimate of drug-likeness (QED) is 0.918. The van der Waals surface area contributed by atoms with E-state index < -0.39 is 23.8 Å². The van der Waals surface area contributed by atoms with Crippen molar-refractivity contribution in [2.45, 2.75) is 18.6 Å². The van der Waals surface area contributed by atoms with Gasteiger partial charge in [-0.05, 0) is 24.6 Å². The van der Waals surface area contributed by atoms with Crippen molar-refractivity contribution < 1.29 is 18.7 Å². The molecule has 2 heterocycles. The molecular weight excluding hydrogens is 292 g/mol. The molecule has 3 rings (SSSR count). The number of aliphatic hydroxyl groups is 1. The minimum Gasteiger partial charge on any atom is -0.391 e. The third-order valence-corrected chi connectivity index (χ3v) is 3.81.